The van der Waals surface area contributed by atoms with Gasteiger partial charge in [-0.15, -0.1) is 0 Å². The quantitative estimate of drug-likeness (QED) is 0.625. The van der Waals surface area contributed by atoms with Crippen LogP contribution in [0.1, 0.15) is 30.5 Å². The van der Waals surface area contributed by atoms with Gasteiger partial charge in [0.05, 0.1) is 18.1 Å². The molecule has 2 heterocycles. The van der Waals surface area contributed by atoms with E-state index in [-0.39, 0.29) is 17.8 Å². The van der Waals surface area contributed by atoms with Gasteiger partial charge in [-0.2, -0.15) is 10.4 Å². The van der Waals surface area contributed by atoms with Crippen LogP contribution in [0.4, 0.5) is 11.6 Å². The summed E-state index contributed by atoms with van der Waals surface area (Å²) in [4.78, 5) is 8.14. The SMILES string of the molecule is Cc1cccc(-c2cc(Nc3cnc(C#N)cn3)n[nH]2)c1O[C@@H]1CC[C@H](N)C1. The first-order valence-electron chi connectivity index (χ1n) is 9.19. The van der Waals surface area contributed by atoms with Crippen LogP contribution in [0.3, 0.4) is 0 Å². The molecule has 8 nitrogen and oxygen atoms in total. The smallest absolute Gasteiger partial charge is 0.158 e. The van der Waals surface area contributed by atoms with Gasteiger partial charge in [-0.1, -0.05) is 12.1 Å². The molecule has 4 N–H and O–H groups in total. The van der Waals surface area contributed by atoms with Crippen molar-refractivity contribution in [3.05, 3.63) is 47.9 Å². The normalized spacial score (nSPS) is 18.6. The molecule has 0 bridgehead atoms. The minimum absolute atomic E-state index is 0.143. The number of anilines is 2. The Labute approximate surface area is 162 Å². The van der Waals surface area contributed by atoms with Crippen molar-refractivity contribution in [1.29, 1.82) is 5.26 Å². The van der Waals surface area contributed by atoms with Crippen molar-refractivity contribution in [2.24, 2.45) is 5.73 Å². The van der Waals surface area contributed by atoms with Gasteiger partial charge in [0, 0.05) is 17.7 Å². The van der Waals surface area contributed by atoms with Crippen LogP contribution in [-0.4, -0.2) is 32.3 Å². The summed E-state index contributed by atoms with van der Waals surface area (Å²) in [7, 11) is 0. The van der Waals surface area contributed by atoms with Gasteiger partial charge in [-0.3, -0.25) is 5.10 Å². The van der Waals surface area contributed by atoms with E-state index in [9.17, 15) is 0 Å². The highest BCUT2D eigenvalue weighted by Gasteiger charge is 2.25. The molecule has 1 fully saturated rings. The van der Waals surface area contributed by atoms with Gasteiger partial charge in [0.25, 0.3) is 0 Å². The fourth-order valence-corrected chi connectivity index (χ4v) is 3.37. The van der Waals surface area contributed by atoms with E-state index in [1.807, 2.05) is 37.3 Å². The number of benzene rings is 1. The number of hydrogen-bond donors (Lipinski definition) is 3. The predicted molar refractivity (Wildman–Crippen MR) is 105 cm³/mol. The summed E-state index contributed by atoms with van der Waals surface area (Å²) in [5.74, 6) is 1.97. The number of para-hydroxylation sites is 1. The van der Waals surface area contributed by atoms with Crippen molar-refractivity contribution in [2.75, 3.05) is 5.32 Å². The molecule has 3 aromatic rings. The van der Waals surface area contributed by atoms with E-state index in [1.165, 1.54) is 12.4 Å². The molecular formula is C20H21N7O. The van der Waals surface area contributed by atoms with Gasteiger partial charge in [0.1, 0.15) is 23.7 Å². The molecule has 1 saturated carbocycles. The maximum absolute atomic E-state index is 8.80. The molecule has 8 heteroatoms. The third kappa shape index (κ3) is 3.80. The van der Waals surface area contributed by atoms with Gasteiger partial charge < -0.3 is 15.8 Å². The Morgan fingerprint density at radius 1 is 1.25 bits per heavy atom. The van der Waals surface area contributed by atoms with E-state index in [1.54, 1.807) is 0 Å². The van der Waals surface area contributed by atoms with Crippen molar-refractivity contribution >= 4 is 11.6 Å². The summed E-state index contributed by atoms with van der Waals surface area (Å²) in [5.41, 5.74) is 9.15. The molecule has 0 saturated heterocycles. The van der Waals surface area contributed by atoms with Crippen molar-refractivity contribution in [3.63, 3.8) is 0 Å². The third-order valence-corrected chi connectivity index (χ3v) is 4.81. The van der Waals surface area contributed by atoms with E-state index < -0.39 is 0 Å². The highest BCUT2D eigenvalue weighted by molar-refractivity contribution is 5.72. The Morgan fingerprint density at radius 3 is 2.86 bits per heavy atom. The molecule has 4 rings (SSSR count). The minimum Gasteiger partial charge on any atom is -0.489 e. The second-order valence-corrected chi connectivity index (χ2v) is 6.96. The standard InChI is InChI=1S/C20H21N7O/c1-12-3-2-4-16(20(12)28-15-6-5-13(22)7-15)17-8-18(27-26-17)25-19-11-23-14(9-21)10-24-19/h2-4,8,10-11,13,15H,5-7,22H2,1H3,(H2,24,25,26,27)/t13-,15+/m0/s1. The van der Waals surface area contributed by atoms with Crippen LogP contribution in [0.5, 0.6) is 5.75 Å². The molecule has 0 aliphatic heterocycles. The number of nitriles is 1. The summed E-state index contributed by atoms with van der Waals surface area (Å²) in [6.07, 6.45) is 5.90. The Bertz CT molecular complexity index is 1010. The maximum Gasteiger partial charge on any atom is 0.158 e. The van der Waals surface area contributed by atoms with Crippen LogP contribution in [0.15, 0.2) is 36.7 Å². The molecule has 0 radical (unpaired) electrons. The summed E-state index contributed by atoms with van der Waals surface area (Å²) < 4.78 is 6.31. The van der Waals surface area contributed by atoms with Gasteiger partial charge in [0.2, 0.25) is 0 Å². The average Bonchev–Trinajstić information content (AvgIpc) is 3.33. The van der Waals surface area contributed by atoms with Crippen molar-refractivity contribution < 1.29 is 4.74 Å². The molecule has 0 spiro atoms. The number of hydrogen-bond acceptors (Lipinski definition) is 7. The zero-order valence-corrected chi connectivity index (χ0v) is 15.5. The fourth-order valence-electron chi connectivity index (χ4n) is 3.37. The van der Waals surface area contributed by atoms with Crippen molar-refractivity contribution in [2.45, 2.75) is 38.3 Å². The number of H-pyrrole nitrogens is 1. The summed E-state index contributed by atoms with van der Waals surface area (Å²) in [6.45, 7) is 2.04. The topological polar surface area (TPSA) is 126 Å². The first-order chi connectivity index (χ1) is 13.6. The lowest BCUT2D eigenvalue weighted by atomic mass is 10.1. The number of aryl methyl sites for hydroxylation is 1. The van der Waals surface area contributed by atoms with E-state index >= 15 is 0 Å². The molecule has 1 aliphatic rings. The number of rotatable bonds is 5. The third-order valence-electron chi connectivity index (χ3n) is 4.81. The number of aromatic nitrogens is 4. The van der Waals surface area contributed by atoms with Crippen LogP contribution in [-0.2, 0) is 0 Å². The van der Waals surface area contributed by atoms with Gasteiger partial charge in [-0.25, -0.2) is 9.97 Å². The van der Waals surface area contributed by atoms with Crippen LogP contribution >= 0.6 is 0 Å². The van der Waals surface area contributed by atoms with Gasteiger partial charge in [0.15, 0.2) is 11.5 Å². The highest BCUT2D eigenvalue weighted by atomic mass is 16.5. The summed E-state index contributed by atoms with van der Waals surface area (Å²) in [6, 6.07) is 10.1. The predicted octanol–water partition coefficient (Wildman–Crippen LogP) is 3.05. The number of nitrogens with two attached hydrogens (primary N) is 1. The second-order valence-electron chi connectivity index (χ2n) is 6.96. The van der Waals surface area contributed by atoms with Crippen LogP contribution < -0.4 is 15.8 Å². The van der Waals surface area contributed by atoms with Crippen LogP contribution in [0, 0.1) is 18.3 Å². The lowest BCUT2D eigenvalue weighted by Crippen LogP contribution is -2.19. The number of nitrogens with one attached hydrogen (secondary N) is 2. The van der Waals surface area contributed by atoms with E-state index in [2.05, 4.69) is 25.5 Å². The zero-order chi connectivity index (χ0) is 19.5. The zero-order valence-electron chi connectivity index (χ0n) is 15.5. The number of aromatic amines is 1. The first-order valence-corrected chi connectivity index (χ1v) is 9.19. The molecule has 2 atom stereocenters. The molecule has 0 unspecified atom stereocenters. The summed E-state index contributed by atoms with van der Waals surface area (Å²) in [5, 5.41) is 19.2. The van der Waals surface area contributed by atoms with E-state index in [0.29, 0.717) is 11.6 Å². The largest absolute Gasteiger partial charge is 0.489 e. The number of ether oxygens (including phenoxy) is 1. The molecule has 1 aliphatic carbocycles. The summed E-state index contributed by atoms with van der Waals surface area (Å²) >= 11 is 0. The average molecular weight is 375 g/mol. The number of nitrogens with zero attached hydrogens (tertiary/aromatic N) is 4. The van der Waals surface area contributed by atoms with Crippen LogP contribution in [0.2, 0.25) is 0 Å². The van der Waals surface area contributed by atoms with Gasteiger partial charge >= 0.3 is 0 Å². The second kappa shape index (κ2) is 7.66. The van der Waals surface area contributed by atoms with E-state index in [0.717, 1.165) is 41.8 Å². The Balaban J connectivity index is 1.56. The fraction of sp³-hybridized carbons (Fsp3) is 0.300. The van der Waals surface area contributed by atoms with Crippen molar-refractivity contribution in [3.8, 4) is 23.1 Å². The highest BCUT2D eigenvalue weighted by Crippen LogP contribution is 2.35. The Morgan fingerprint density at radius 2 is 2.14 bits per heavy atom. The molecule has 2 aromatic heterocycles. The minimum atomic E-state index is 0.143. The monoisotopic (exact) mass is 375 g/mol. The lowest BCUT2D eigenvalue weighted by molar-refractivity contribution is 0.208. The molecule has 0 amide bonds. The molecule has 28 heavy (non-hydrogen) atoms. The Hall–Kier alpha value is -3.44. The molecule has 142 valence electrons. The molecule has 1 aromatic carbocycles. The first kappa shape index (κ1) is 17.9. The van der Waals surface area contributed by atoms with Crippen molar-refractivity contribution in [1.82, 2.24) is 20.2 Å². The lowest BCUT2D eigenvalue weighted by Gasteiger charge is -2.18. The maximum atomic E-state index is 8.80. The van der Waals surface area contributed by atoms with Gasteiger partial charge in [-0.05, 0) is 37.8 Å². The Kier molecular flexibility index (Phi) is 4.91. The van der Waals surface area contributed by atoms with Crippen LogP contribution in [0.25, 0.3) is 11.3 Å². The van der Waals surface area contributed by atoms with E-state index in [4.69, 9.17) is 15.7 Å². The molecular weight excluding hydrogens is 354 g/mol.